The highest BCUT2D eigenvalue weighted by atomic mass is 16.5. The Morgan fingerprint density at radius 2 is 1.76 bits per heavy atom. The maximum atomic E-state index is 5.97. The molecule has 3 N–H and O–H groups in total. The van der Waals surface area contributed by atoms with E-state index in [1.165, 1.54) is 0 Å². The van der Waals surface area contributed by atoms with Crippen molar-refractivity contribution in [1.82, 2.24) is 9.97 Å². The number of hydrogen-bond acceptors (Lipinski definition) is 5. The molecule has 0 spiro atoms. The summed E-state index contributed by atoms with van der Waals surface area (Å²) >= 11 is 0. The third-order valence-electron chi connectivity index (χ3n) is 3.26. The molecule has 5 heteroatoms. The topological polar surface area (TPSA) is 73.1 Å². The second-order valence-corrected chi connectivity index (χ2v) is 4.76. The summed E-state index contributed by atoms with van der Waals surface area (Å²) in [6, 6.07) is 13.4. The van der Waals surface area contributed by atoms with E-state index in [1.54, 1.807) is 7.11 Å². The first-order valence-electron chi connectivity index (χ1n) is 6.61. The molecule has 0 aliphatic rings. The SMILES string of the molecule is COc1ccc(Nc2nc3ccccc3nc2N)cc1C. The van der Waals surface area contributed by atoms with Crippen molar-refractivity contribution in [2.24, 2.45) is 0 Å². The van der Waals surface area contributed by atoms with E-state index in [-0.39, 0.29) is 0 Å². The molecule has 21 heavy (non-hydrogen) atoms. The third kappa shape index (κ3) is 2.58. The normalized spacial score (nSPS) is 10.6. The standard InChI is InChI=1S/C16H16N4O/c1-10-9-11(7-8-14(10)21-2)18-16-15(17)19-12-5-3-4-6-13(12)20-16/h3-9H,1-2H3,(H2,17,19)(H,18,20). The number of aromatic nitrogens is 2. The van der Waals surface area contributed by atoms with E-state index in [0.717, 1.165) is 28.0 Å². The van der Waals surface area contributed by atoms with Gasteiger partial charge in [-0.2, -0.15) is 0 Å². The number of methoxy groups -OCH3 is 1. The maximum absolute atomic E-state index is 5.97. The zero-order chi connectivity index (χ0) is 14.8. The molecular formula is C16H16N4O. The number of fused-ring (bicyclic) bond motifs is 1. The molecule has 5 nitrogen and oxygen atoms in total. The Balaban J connectivity index is 1.97. The van der Waals surface area contributed by atoms with Gasteiger partial charge in [0, 0.05) is 5.69 Å². The van der Waals surface area contributed by atoms with Crippen LogP contribution in [0.1, 0.15) is 5.56 Å². The number of aryl methyl sites for hydroxylation is 1. The number of rotatable bonds is 3. The van der Waals surface area contributed by atoms with Gasteiger partial charge in [0.1, 0.15) is 5.75 Å². The summed E-state index contributed by atoms with van der Waals surface area (Å²) in [5.41, 5.74) is 9.49. The largest absolute Gasteiger partial charge is 0.496 e. The van der Waals surface area contributed by atoms with E-state index in [2.05, 4.69) is 15.3 Å². The van der Waals surface area contributed by atoms with Crippen molar-refractivity contribution in [1.29, 1.82) is 0 Å². The number of anilines is 3. The van der Waals surface area contributed by atoms with Crippen molar-refractivity contribution in [3.8, 4) is 5.75 Å². The van der Waals surface area contributed by atoms with Gasteiger partial charge in [0.05, 0.1) is 18.1 Å². The number of hydrogen-bond donors (Lipinski definition) is 2. The van der Waals surface area contributed by atoms with Crippen molar-refractivity contribution >= 4 is 28.4 Å². The Hall–Kier alpha value is -2.82. The van der Waals surface area contributed by atoms with Crippen molar-refractivity contribution in [2.45, 2.75) is 6.92 Å². The van der Waals surface area contributed by atoms with Crippen LogP contribution in [0.4, 0.5) is 17.3 Å². The van der Waals surface area contributed by atoms with Gasteiger partial charge >= 0.3 is 0 Å². The smallest absolute Gasteiger partial charge is 0.174 e. The Kier molecular flexibility index (Phi) is 3.31. The average Bonchev–Trinajstić information content (AvgIpc) is 2.48. The van der Waals surface area contributed by atoms with Gasteiger partial charge in [-0.1, -0.05) is 12.1 Å². The molecule has 0 unspecified atom stereocenters. The molecule has 0 atom stereocenters. The van der Waals surface area contributed by atoms with E-state index in [0.29, 0.717) is 11.6 Å². The third-order valence-corrected chi connectivity index (χ3v) is 3.26. The summed E-state index contributed by atoms with van der Waals surface area (Å²) in [5.74, 6) is 1.78. The van der Waals surface area contributed by atoms with E-state index in [1.807, 2.05) is 49.4 Å². The lowest BCUT2D eigenvalue weighted by atomic mass is 10.2. The first kappa shape index (κ1) is 13.2. The monoisotopic (exact) mass is 280 g/mol. The molecule has 0 saturated carbocycles. The average molecular weight is 280 g/mol. The van der Waals surface area contributed by atoms with Gasteiger partial charge in [-0.05, 0) is 42.8 Å². The van der Waals surface area contributed by atoms with Crippen molar-refractivity contribution in [3.05, 3.63) is 48.0 Å². The molecule has 3 rings (SSSR count). The molecule has 0 amide bonds. The van der Waals surface area contributed by atoms with Gasteiger partial charge in [-0.15, -0.1) is 0 Å². The first-order chi connectivity index (χ1) is 10.2. The zero-order valence-corrected chi connectivity index (χ0v) is 11.9. The Morgan fingerprint density at radius 1 is 1.05 bits per heavy atom. The van der Waals surface area contributed by atoms with Crippen LogP contribution >= 0.6 is 0 Å². The lowest BCUT2D eigenvalue weighted by Crippen LogP contribution is -2.02. The number of nitrogens with zero attached hydrogens (tertiary/aromatic N) is 2. The van der Waals surface area contributed by atoms with E-state index in [4.69, 9.17) is 10.5 Å². The minimum absolute atomic E-state index is 0.377. The molecular weight excluding hydrogens is 264 g/mol. The molecule has 0 aliphatic carbocycles. The van der Waals surface area contributed by atoms with Gasteiger partial charge in [-0.3, -0.25) is 0 Å². The maximum Gasteiger partial charge on any atom is 0.174 e. The number of nitrogens with one attached hydrogen (secondary N) is 1. The summed E-state index contributed by atoms with van der Waals surface area (Å²) in [4.78, 5) is 8.87. The van der Waals surface area contributed by atoms with Gasteiger partial charge in [0.25, 0.3) is 0 Å². The molecule has 0 radical (unpaired) electrons. The predicted molar refractivity (Wildman–Crippen MR) is 85.0 cm³/mol. The van der Waals surface area contributed by atoms with Crippen LogP contribution in [-0.4, -0.2) is 17.1 Å². The van der Waals surface area contributed by atoms with E-state index >= 15 is 0 Å². The van der Waals surface area contributed by atoms with Gasteiger partial charge in [-0.25, -0.2) is 9.97 Å². The number of benzene rings is 2. The van der Waals surface area contributed by atoms with Gasteiger partial charge < -0.3 is 15.8 Å². The zero-order valence-electron chi connectivity index (χ0n) is 11.9. The van der Waals surface area contributed by atoms with Crippen molar-refractivity contribution < 1.29 is 4.74 Å². The highest BCUT2D eigenvalue weighted by Crippen LogP contribution is 2.26. The molecule has 3 aromatic rings. The van der Waals surface area contributed by atoms with E-state index in [9.17, 15) is 0 Å². The summed E-state index contributed by atoms with van der Waals surface area (Å²) in [5, 5.41) is 3.20. The van der Waals surface area contributed by atoms with Gasteiger partial charge in [0.2, 0.25) is 0 Å². The quantitative estimate of drug-likeness (QED) is 0.770. The van der Waals surface area contributed by atoms with Crippen molar-refractivity contribution in [3.63, 3.8) is 0 Å². The van der Waals surface area contributed by atoms with Gasteiger partial charge in [0.15, 0.2) is 11.6 Å². The number of para-hydroxylation sites is 2. The molecule has 2 aromatic carbocycles. The van der Waals surface area contributed by atoms with Crippen LogP contribution in [-0.2, 0) is 0 Å². The molecule has 0 bridgehead atoms. The fourth-order valence-electron chi connectivity index (χ4n) is 2.20. The Morgan fingerprint density at radius 3 is 2.43 bits per heavy atom. The van der Waals surface area contributed by atoms with Crippen LogP contribution < -0.4 is 15.8 Å². The predicted octanol–water partition coefficient (Wildman–Crippen LogP) is 3.27. The van der Waals surface area contributed by atoms with Crippen LogP contribution in [0.15, 0.2) is 42.5 Å². The lowest BCUT2D eigenvalue weighted by molar-refractivity contribution is 0.412. The fourth-order valence-corrected chi connectivity index (χ4v) is 2.20. The Bertz CT molecular complexity index is 801. The van der Waals surface area contributed by atoms with E-state index < -0.39 is 0 Å². The highest BCUT2D eigenvalue weighted by molar-refractivity contribution is 5.81. The van der Waals surface area contributed by atoms with Crippen LogP contribution in [0.5, 0.6) is 5.75 Å². The number of ether oxygens (including phenoxy) is 1. The second kappa shape index (κ2) is 5.28. The van der Waals surface area contributed by atoms with Crippen molar-refractivity contribution in [2.75, 3.05) is 18.2 Å². The minimum Gasteiger partial charge on any atom is -0.496 e. The first-order valence-corrected chi connectivity index (χ1v) is 6.61. The lowest BCUT2D eigenvalue weighted by Gasteiger charge is -2.11. The van der Waals surface area contributed by atoms with Crippen LogP contribution in [0, 0.1) is 6.92 Å². The molecule has 106 valence electrons. The summed E-state index contributed by atoms with van der Waals surface area (Å²) in [6.07, 6.45) is 0. The summed E-state index contributed by atoms with van der Waals surface area (Å²) in [6.45, 7) is 1.99. The fraction of sp³-hybridized carbons (Fsp3) is 0.125. The number of nitrogen functional groups attached to an aromatic ring is 1. The minimum atomic E-state index is 0.377. The van der Waals surface area contributed by atoms with Crippen LogP contribution in [0.25, 0.3) is 11.0 Å². The summed E-state index contributed by atoms with van der Waals surface area (Å²) in [7, 11) is 1.65. The molecule has 0 saturated heterocycles. The molecule has 0 aliphatic heterocycles. The molecule has 0 fully saturated rings. The second-order valence-electron chi connectivity index (χ2n) is 4.76. The Labute approximate surface area is 122 Å². The van der Waals surface area contributed by atoms with Crippen LogP contribution in [0.3, 0.4) is 0 Å². The molecule has 1 aromatic heterocycles. The van der Waals surface area contributed by atoms with Crippen LogP contribution in [0.2, 0.25) is 0 Å². The molecule has 1 heterocycles. The summed E-state index contributed by atoms with van der Waals surface area (Å²) < 4.78 is 5.25. The highest BCUT2D eigenvalue weighted by Gasteiger charge is 2.07. The number of nitrogens with two attached hydrogens (primary N) is 1.